The van der Waals surface area contributed by atoms with Crippen LogP contribution in [-0.2, 0) is 9.53 Å². The quantitative estimate of drug-likeness (QED) is 0.809. The fraction of sp³-hybridized carbons (Fsp3) is 0.929. The van der Waals surface area contributed by atoms with Crippen molar-refractivity contribution in [2.45, 2.75) is 64.1 Å². The summed E-state index contributed by atoms with van der Waals surface area (Å²) in [6.07, 6.45) is 4.36. The standard InChI is InChI=1S/C14H26N2O2/c1-4-16(12-5-6-12)13(17)10-15-11-7-8-18-14(2,3)9-11/h11-12,15H,4-10H2,1-3H3. The second-order valence-electron chi connectivity index (χ2n) is 6.09. The van der Waals surface area contributed by atoms with Crippen LogP contribution in [0.4, 0.5) is 0 Å². The molecule has 4 heteroatoms. The molecule has 1 amide bonds. The lowest BCUT2D eigenvalue weighted by Crippen LogP contribution is -2.47. The third kappa shape index (κ3) is 3.69. The molecule has 1 saturated carbocycles. The zero-order valence-corrected chi connectivity index (χ0v) is 11.9. The lowest BCUT2D eigenvalue weighted by molar-refractivity contribution is -0.131. The van der Waals surface area contributed by atoms with Gasteiger partial charge in [0.2, 0.25) is 5.91 Å². The molecule has 0 aromatic rings. The van der Waals surface area contributed by atoms with E-state index < -0.39 is 0 Å². The summed E-state index contributed by atoms with van der Waals surface area (Å²) in [7, 11) is 0. The number of carbonyl (C=O) groups is 1. The highest BCUT2D eigenvalue weighted by Gasteiger charge is 2.32. The normalized spacial score (nSPS) is 26.9. The Labute approximate surface area is 110 Å². The number of amides is 1. The number of nitrogens with zero attached hydrogens (tertiary/aromatic N) is 1. The molecule has 1 aliphatic carbocycles. The van der Waals surface area contributed by atoms with Crippen molar-refractivity contribution in [3.8, 4) is 0 Å². The maximum Gasteiger partial charge on any atom is 0.236 e. The van der Waals surface area contributed by atoms with Crippen LogP contribution in [0.15, 0.2) is 0 Å². The van der Waals surface area contributed by atoms with Gasteiger partial charge >= 0.3 is 0 Å². The lowest BCUT2D eigenvalue weighted by atomic mass is 9.94. The van der Waals surface area contributed by atoms with Crippen LogP contribution in [0, 0.1) is 0 Å². The Morgan fingerprint density at radius 3 is 2.67 bits per heavy atom. The predicted molar refractivity (Wildman–Crippen MR) is 71.5 cm³/mol. The second-order valence-corrected chi connectivity index (χ2v) is 6.09. The molecule has 0 spiro atoms. The van der Waals surface area contributed by atoms with Gasteiger partial charge in [-0.3, -0.25) is 4.79 Å². The van der Waals surface area contributed by atoms with E-state index >= 15 is 0 Å². The number of hydrogen-bond acceptors (Lipinski definition) is 3. The van der Waals surface area contributed by atoms with Crippen molar-refractivity contribution in [1.82, 2.24) is 10.2 Å². The highest BCUT2D eigenvalue weighted by Crippen LogP contribution is 2.27. The Balaban J connectivity index is 1.75. The molecule has 0 radical (unpaired) electrons. The fourth-order valence-electron chi connectivity index (χ4n) is 2.76. The van der Waals surface area contributed by atoms with Gasteiger partial charge in [0.25, 0.3) is 0 Å². The minimum Gasteiger partial charge on any atom is -0.375 e. The average molecular weight is 254 g/mol. The molecule has 18 heavy (non-hydrogen) atoms. The van der Waals surface area contributed by atoms with E-state index in [0.717, 1.165) is 26.0 Å². The Morgan fingerprint density at radius 1 is 1.39 bits per heavy atom. The molecule has 1 heterocycles. The summed E-state index contributed by atoms with van der Waals surface area (Å²) < 4.78 is 5.68. The van der Waals surface area contributed by atoms with Crippen molar-refractivity contribution in [1.29, 1.82) is 0 Å². The number of ether oxygens (including phenoxy) is 1. The molecule has 2 rings (SSSR count). The van der Waals surface area contributed by atoms with E-state index in [4.69, 9.17) is 4.74 Å². The third-order valence-corrected chi connectivity index (χ3v) is 3.89. The van der Waals surface area contributed by atoms with Gasteiger partial charge in [-0.25, -0.2) is 0 Å². The Morgan fingerprint density at radius 2 is 2.11 bits per heavy atom. The number of carbonyl (C=O) groups excluding carboxylic acids is 1. The summed E-state index contributed by atoms with van der Waals surface area (Å²) in [4.78, 5) is 14.1. The first kappa shape index (κ1) is 13.8. The zero-order chi connectivity index (χ0) is 13.2. The average Bonchev–Trinajstić information content (AvgIpc) is 3.10. The number of likely N-dealkylation sites (N-methyl/N-ethyl adjacent to an activating group) is 1. The summed E-state index contributed by atoms with van der Waals surface area (Å²) in [6.45, 7) is 8.40. The molecule has 1 aliphatic heterocycles. The first-order valence-electron chi connectivity index (χ1n) is 7.18. The molecule has 2 aliphatic rings. The summed E-state index contributed by atoms with van der Waals surface area (Å²) >= 11 is 0. The van der Waals surface area contributed by atoms with Crippen LogP contribution in [0.3, 0.4) is 0 Å². The van der Waals surface area contributed by atoms with Gasteiger partial charge in [-0.15, -0.1) is 0 Å². The SMILES string of the molecule is CCN(C(=O)CNC1CCOC(C)(C)C1)C1CC1. The van der Waals surface area contributed by atoms with Crippen LogP contribution in [0.25, 0.3) is 0 Å². The Bertz CT molecular complexity index is 300. The van der Waals surface area contributed by atoms with E-state index in [0.29, 0.717) is 18.6 Å². The minimum atomic E-state index is -0.0557. The van der Waals surface area contributed by atoms with Crippen LogP contribution < -0.4 is 5.32 Å². The lowest BCUT2D eigenvalue weighted by Gasteiger charge is -2.36. The highest BCUT2D eigenvalue weighted by atomic mass is 16.5. The molecule has 1 saturated heterocycles. The smallest absolute Gasteiger partial charge is 0.236 e. The van der Waals surface area contributed by atoms with E-state index in [1.807, 2.05) is 4.90 Å². The Hall–Kier alpha value is -0.610. The van der Waals surface area contributed by atoms with Crippen molar-refractivity contribution >= 4 is 5.91 Å². The van der Waals surface area contributed by atoms with Gasteiger partial charge in [0.05, 0.1) is 12.1 Å². The number of rotatable bonds is 5. The third-order valence-electron chi connectivity index (χ3n) is 3.89. The van der Waals surface area contributed by atoms with E-state index in [9.17, 15) is 4.79 Å². The predicted octanol–water partition coefficient (Wildman–Crippen LogP) is 1.54. The van der Waals surface area contributed by atoms with E-state index in [1.165, 1.54) is 12.8 Å². The van der Waals surface area contributed by atoms with Crippen LogP contribution in [0.5, 0.6) is 0 Å². The molecule has 0 bridgehead atoms. The van der Waals surface area contributed by atoms with E-state index in [1.54, 1.807) is 0 Å². The van der Waals surface area contributed by atoms with Crippen LogP contribution in [0.1, 0.15) is 46.5 Å². The molecule has 2 fully saturated rings. The molecule has 0 aromatic heterocycles. The van der Waals surface area contributed by atoms with Crippen LogP contribution in [0.2, 0.25) is 0 Å². The number of hydrogen-bond donors (Lipinski definition) is 1. The van der Waals surface area contributed by atoms with Gasteiger partial charge in [-0.05, 0) is 46.5 Å². The molecule has 1 N–H and O–H groups in total. The largest absolute Gasteiger partial charge is 0.375 e. The van der Waals surface area contributed by atoms with E-state index in [2.05, 4.69) is 26.1 Å². The van der Waals surface area contributed by atoms with Crippen molar-refractivity contribution in [2.24, 2.45) is 0 Å². The highest BCUT2D eigenvalue weighted by molar-refractivity contribution is 5.78. The Kier molecular flexibility index (Phi) is 4.28. The van der Waals surface area contributed by atoms with Crippen molar-refractivity contribution in [3.63, 3.8) is 0 Å². The van der Waals surface area contributed by atoms with Crippen LogP contribution in [-0.4, -0.2) is 48.2 Å². The minimum absolute atomic E-state index is 0.0557. The monoisotopic (exact) mass is 254 g/mol. The molecule has 4 nitrogen and oxygen atoms in total. The van der Waals surface area contributed by atoms with Crippen molar-refractivity contribution in [2.75, 3.05) is 19.7 Å². The topological polar surface area (TPSA) is 41.6 Å². The molecule has 1 unspecified atom stereocenters. The van der Waals surface area contributed by atoms with Crippen molar-refractivity contribution in [3.05, 3.63) is 0 Å². The summed E-state index contributed by atoms with van der Waals surface area (Å²) in [5.41, 5.74) is -0.0557. The van der Waals surface area contributed by atoms with Gasteiger partial charge in [-0.1, -0.05) is 0 Å². The first-order valence-corrected chi connectivity index (χ1v) is 7.18. The first-order chi connectivity index (χ1) is 8.52. The molecule has 1 atom stereocenters. The van der Waals surface area contributed by atoms with Gasteiger partial charge in [0.15, 0.2) is 0 Å². The maximum atomic E-state index is 12.1. The van der Waals surface area contributed by atoms with Gasteiger partial charge in [0.1, 0.15) is 0 Å². The molecule has 0 aromatic carbocycles. The summed E-state index contributed by atoms with van der Waals surface area (Å²) in [5, 5.41) is 3.40. The zero-order valence-electron chi connectivity index (χ0n) is 11.9. The van der Waals surface area contributed by atoms with E-state index in [-0.39, 0.29) is 11.5 Å². The number of nitrogens with one attached hydrogen (secondary N) is 1. The van der Waals surface area contributed by atoms with Gasteiger partial charge in [-0.2, -0.15) is 0 Å². The van der Waals surface area contributed by atoms with Crippen LogP contribution >= 0.6 is 0 Å². The van der Waals surface area contributed by atoms with Gasteiger partial charge < -0.3 is 15.0 Å². The van der Waals surface area contributed by atoms with Gasteiger partial charge in [0, 0.05) is 25.2 Å². The fourth-order valence-corrected chi connectivity index (χ4v) is 2.76. The molecular formula is C14H26N2O2. The maximum absolute atomic E-state index is 12.1. The second kappa shape index (κ2) is 5.57. The molecular weight excluding hydrogens is 228 g/mol. The van der Waals surface area contributed by atoms with Crippen molar-refractivity contribution < 1.29 is 9.53 Å². The summed E-state index contributed by atoms with van der Waals surface area (Å²) in [6, 6.07) is 0.936. The molecule has 104 valence electrons. The summed E-state index contributed by atoms with van der Waals surface area (Å²) in [5.74, 6) is 0.254.